The molecule has 0 amide bonds. The Labute approximate surface area is 133 Å². The van der Waals surface area contributed by atoms with Crippen LogP contribution in [0, 0.1) is 22.7 Å². The summed E-state index contributed by atoms with van der Waals surface area (Å²) in [6.45, 7) is 11.3. The first kappa shape index (κ1) is 17.2. The lowest BCUT2D eigenvalue weighted by Crippen LogP contribution is -2.75. The molecule has 22 heavy (non-hydrogen) atoms. The molecule has 2 aliphatic carbocycles. The number of ether oxygens (including phenoxy) is 1. The molecule has 2 fully saturated rings. The largest absolute Gasteiger partial charge is 0.458 e. The molecule has 0 heterocycles. The van der Waals surface area contributed by atoms with Crippen molar-refractivity contribution in [3.05, 3.63) is 0 Å². The van der Waals surface area contributed by atoms with Gasteiger partial charge in [0.2, 0.25) is 0 Å². The molecule has 2 aliphatic rings. The summed E-state index contributed by atoms with van der Waals surface area (Å²) in [4.78, 5) is 35.7. The number of Topliss-reactive ketones (excluding diaryl/α,β-unsaturated/α-hetero) is 2. The number of hydrogen-bond donors (Lipinski definition) is 0. The van der Waals surface area contributed by atoms with Gasteiger partial charge < -0.3 is 9.53 Å². The summed E-state index contributed by atoms with van der Waals surface area (Å²) in [5, 5.41) is 0. The second-order valence-corrected chi connectivity index (χ2v) is 8.51. The number of rotatable bonds is 4. The third-order valence-corrected chi connectivity index (χ3v) is 5.80. The van der Waals surface area contributed by atoms with Gasteiger partial charge in [0.1, 0.15) is 17.2 Å². The molecular weight excluding hydrogens is 280 g/mol. The Kier molecular flexibility index (Phi) is 4.04. The molecule has 0 radical (unpaired) electrons. The van der Waals surface area contributed by atoms with E-state index in [0.29, 0.717) is 25.7 Å². The fourth-order valence-corrected chi connectivity index (χ4v) is 4.91. The molecule has 0 bridgehead atoms. The van der Waals surface area contributed by atoms with Crippen molar-refractivity contribution in [1.29, 1.82) is 0 Å². The Morgan fingerprint density at radius 1 is 1.18 bits per heavy atom. The molecule has 0 aromatic rings. The highest BCUT2D eigenvalue weighted by Gasteiger charge is 2.73. The van der Waals surface area contributed by atoms with E-state index < -0.39 is 5.60 Å². The maximum absolute atomic E-state index is 12.7. The molecule has 0 aromatic carbocycles. The number of ketones is 2. The number of esters is 1. The summed E-state index contributed by atoms with van der Waals surface area (Å²) in [6, 6.07) is 0. The second kappa shape index (κ2) is 5.17. The smallest absolute Gasteiger partial charge is 0.303 e. The molecule has 0 saturated heterocycles. The van der Waals surface area contributed by atoms with Gasteiger partial charge in [-0.1, -0.05) is 27.7 Å². The molecule has 0 spiro atoms. The van der Waals surface area contributed by atoms with Gasteiger partial charge in [-0.25, -0.2) is 0 Å². The maximum atomic E-state index is 12.7. The SMILES string of the molecule is CC(=O)CC[C@@H]1[C@H]2C(=O)CC(C)(C)C[C@@]2(OC(C)=O)C1(C)C. The topological polar surface area (TPSA) is 60.4 Å². The third kappa shape index (κ3) is 2.50. The number of fused-ring (bicyclic) bond motifs is 1. The zero-order valence-electron chi connectivity index (χ0n) is 14.6. The van der Waals surface area contributed by atoms with Crippen molar-refractivity contribution < 1.29 is 19.1 Å². The summed E-state index contributed by atoms with van der Waals surface area (Å²) in [7, 11) is 0. The Balaban J connectivity index is 2.37. The lowest BCUT2D eigenvalue weighted by molar-refractivity contribution is -0.277. The first-order valence-corrected chi connectivity index (χ1v) is 8.15. The number of hydrogen-bond acceptors (Lipinski definition) is 4. The third-order valence-electron chi connectivity index (χ3n) is 5.80. The minimum atomic E-state index is -0.709. The number of carbonyl (C=O) groups excluding carboxylic acids is 3. The molecular formula is C18H28O4. The molecule has 4 nitrogen and oxygen atoms in total. The monoisotopic (exact) mass is 308 g/mol. The van der Waals surface area contributed by atoms with Crippen LogP contribution in [0.2, 0.25) is 0 Å². The molecule has 2 rings (SSSR count). The van der Waals surface area contributed by atoms with E-state index in [4.69, 9.17) is 4.74 Å². The normalized spacial score (nSPS) is 35.3. The van der Waals surface area contributed by atoms with Gasteiger partial charge in [-0.2, -0.15) is 0 Å². The predicted octanol–water partition coefficient (Wildman–Crippen LogP) is 3.32. The van der Waals surface area contributed by atoms with Crippen LogP contribution in [0.25, 0.3) is 0 Å². The molecule has 3 atom stereocenters. The van der Waals surface area contributed by atoms with Crippen LogP contribution >= 0.6 is 0 Å². The average molecular weight is 308 g/mol. The van der Waals surface area contributed by atoms with Gasteiger partial charge in [-0.15, -0.1) is 0 Å². The second-order valence-electron chi connectivity index (χ2n) is 8.51. The predicted molar refractivity (Wildman–Crippen MR) is 83.2 cm³/mol. The highest BCUT2D eigenvalue weighted by Crippen LogP contribution is 2.68. The first-order valence-electron chi connectivity index (χ1n) is 8.15. The van der Waals surface area contributed by atoms with Crippen LogP contribution < -0.4 is 0 Å². The van der Waals surface area contributed by atoms with E-state index in [9.17, 15) is 14.4 Å². The Morgan fingerprint density at radius 3 is 2.27 bits per heavy atom. The minimum absolute atomic E-state index is 0.111. The van der Waals surface area contributed by atoms with Gasteiger partial charge in [0, 0.05) is 25.2 Å². The molecule has 0 unspecified atom stereocenters. The number of carbonyl (C=O) groups is 3. The van der Waals surface area contributed by atoms with Crippen molar-refractivity contribution in [2.45, 2.75) is 72.8 Å². The van der Waals surface area contributed by atoms with Crippen molar-refractivity contribution in [3.8, 4) is 0 Å². The van der Waals surface area contributed by atoms with Gasteiger partial charge in [0.25, 0.3) is 0 Å². The summed E-state index contributed by atoms with van der Waals surface area (Å²) < 4.78 is 5.79. The lowest BCUT2D eigenvalue weighted by atomic mass is 9.38. The van der Waals surface area contributed by atoms with Crippen LogP contribution in [0.3, 0.4) is 0 Å². The van der Waals surface area contributed by atoms with Crippen LogP contribution in [-0.2, 0) is 19.1 Å². The maximum Gasteiger partial charge on any atom is 0.303 e. The zero-order chi connectivity index (χ0) is 16.9. The van der Waals surface area contributed by atoms with Gasteiger partial charge in [-0.3, -0.25) is 9.59 Å². The van der Waals surface area contributed by atoms with Crippen molar-refractivity contribution in [3.63, 3.8) is 0 Å². The Hall–Kier alpha value is -1.19. The fraction of sp³-hybridized carbons (Fsp3) is 0.833. The van der Waals surface area contributed by atoms with E-state index in [2.05, 4.69) is 27.7 Å². The molecule has 0 aliphatic heterocycles. The van der Waals surface area contributed by atoms with E-state index in [1.807, 2.05) is 0 Å². The van der Waals surface area contributed by atoms with E-state index in [0.717, 1.165) is 0 Å². The van der Waals surface area contributed by atoms with Crippen molar-refractivity contribution >= 4 is 17.5 Å². The van der Waals surface area contributed by atoms with Crippen molar-refractivity contribution in [1.82, 2.24) is 0 Å². The van der Waals surface area contributed by atoms with Crippen molar-refractivity contribution in [2.24, 2.45) is 22.7 Å². The standard InChI is InChI=1S/C18H28O4/c1-11(19)7-8-13-15-14(21)9-16(3,4)10-18(15,17(13,5)6)22-12(2)20/h13,15H,7-10H2,1-6H3/t13-,15+,18+/m1/s1. The average Bonchev–Trinajstić information content (AvgIpc) is 2.29. The molecule has 0 N–H and O–H groups in total. The van der Waals surface area contributed by atoms with E-state index in [1.165, 1.54) is 6.92 Å². The van der Waals surface area contributed by atoms with Crippen molar-refractivity contribution in [2.75, 3.05) is 0 Å². The highest BCUT2D eigenvalue weighted by atomic mass is 16.6. The minimum Gasteiger partial charge on any atom is -0.458 e. The first-order chi connectivity index (χ1) is 9.93. The summed E-state index contributed by atoms with van der Waals surface area (Å²) in [5.41, 5.74) is -1.16. The lowest BCUT2D eigenvalue weighted by Gasteiger charge is -2.69. The summed E-state index contributed by atoms with van der Waals surface area (Å²) >= 11 is 0. The van der Waals surface area contributed by atoms with Crippen LogP contribution in [0.1, 0.15) is 67.2 Å². The summed E-state index contributed by atoms with van der Waals surface area (Å²) in [5.74, 6) is -0.138. The van der Waals surface area contributed by atoms with Crippen LogP contribution in [-0.4, -0.2) is 23.1 Å². The van der Waals surface area contributed by atoms with Gasteiger partial charge >= 0.3 is 5.97 Å². The van der Waals surface area contributed by atoms with Crippen LogP contribution in [0.4, 0.5) is 0 Å². The Morgan fingerprint density at radius 2 is 1.77 bits per heavy atom. The quantitative estimate of drug-likeness (QED) is 0.747. The van der Waals surface area contributed by atoms with Crippen LogP contribution in [0.15, 0.2) is 0 Å². The molecule has 4 heteroatoms. The molecule has 2 saturated carbocycles. The summed E-state index contributed by atoms with van der Waals surface area (Å²) in [6.07, 6.45) is 2.41. The van der Waals surface area contributed by atoms with E-state index in [1.54, 1.807) is 6.92 Å². The Bertz CT molecular complexity index is 517. The van der Waals surface area contributed by atoms with Crippen LogP contribution in [0.5, 0.6) is 0 Å². The fourth-order valence-electron chi connectivity index (χ4n) is 4.91. The van der Waals surface area contributed by atoms with E-state index in [-0.39, 0.29) is 40.2 Å². The highest BCUT2D eigenvalue weighted by molar-refractivity contribution is 5.87. The zero-order valence-corrected chi connectivity index (χ0v) is 14.6. The molecule has 0 aromatic heterocycles. The van der Waals surface area contributed by atoms with E-state index >= 15 is 0 Å². The van der Waals surface area contributed by atoms with Gasteiger partial charge in [0.15, 0.2) is 0 Å². The van der Waals surface area contributed by atoms with Gasteiger partial charge in [0.05, 0.1) is 5.92 Å². The molecule has 124 valence electrons. The van der Waals surface area contributed by atoms with Gasteiger partial charge in [-0.05, 0) is 31.1 Å².